The van der Waals surface area contributed by atoms with Crippen molar-refractivity contribution in [2.75, 3.05) is 0 Å². The number of amides is 1. The van der Waals surface area contributed by atoms with Crippen LogP contribution in [0.5, 0.6) is 0 Å². The lowest BCUT2D eigenvalue weighted by Crippen LogP contribution is -2.31. The summed E-state index contributed by atoms with van der Waals surface area (Å²) in [6.45, 7) is 3.48. The molecule has 0 radical (unpaired) electrons. The first kappa shape index (κ1) is 15.0. The van der Waals surface area contributed by atoms with Crippen LogP contribution in [0.2, 0.25) is 0 Å². The molecule has 0 unspecified atom stereocenters. The molecule has 3 rings (SSSR count). The maximum atomic E-state index is 12.7. The van der Waals surface area contributed by atoms with Crippen molar-refractivity contribution in [1.29, 1.82) is 0 Å². The van der Waals surface area contributed by atoms with Crippen molar-refractivity contribution in [1.82, 2.24) is 20.0 Å². The highest BCUT2D eigenvalue weighted by molar-refractivity contribution is 5.96. The van der Waals surface area contributed by atoms with E-state index in [9.17, 15) is 4.79 Å². The van der Waals surface area contributed by atoms with Gasteiger partial charge in [0.2, 0.25) is 0 Å². The number of rotatable bonds is 4. The third-order valence-electron chi connectivity index (χ3n) is 3.79. The molecule has 0 aliphatic carbocycles. The number of imidazole rings is 1. The first-order valence-corrected chi connectivity index (χ1v) is 7.34. The van der Waals surface area contributed by atoms with E-state index in [0.717, 1.165) is 11.4 Å². The second-order valence-electron chi connectivity index (χ2n) is 5.41. The number of aryl methyl sites for hydroxylation is 3. The highest BCUT2D eigenvalue weighted by atomic mass is 16.5. The Bertz CT molecular complexity index is 801. The van der Waals surface area contributed by atoms with E-state index in [0.29, 0.717) is 17.0 Å². The first-order chi connectivity index (χ1) is 11.1. The number of benzene rings is 1. The molecule has 118 valence electrons. The Labute approximate surface area is 134 Å². The Morgan fingerprint density at radius 3 is 2.57 bits per heavy atom. The maximum Gasteiger partial charge on any atom is 0.257 e. The second kappa shape index (κ2) is 6.08. The number of nitrogens with one attached hydrogen (secondary N) is 1. The summed E-state index contributed by atoms with van der Waals surface area (Å²) in [6, 6.07) is 9.40. The van der Waals surface area contributed by atoms with Crippen LogP contribution < -0.4 is 5.32 Å². The molecule has 6 nitrogen and oxygen atoms in total. The standard InChI is InChI=1S/C17H18N4O2/c1-11-14(12(2)23-20-11)17(22)19-15(13-7-5-4-6-8-13)16-18-9-10-21(16)3/h4-10,15H,1-3H3,(H,19,22)/t15-/m1/s1. The van der Waals surface area contributed by atoms with Crippen molar-refractivity contribution in [3.8, 4) is 0 Å². The van der Waals surface area contributed by atoms with Gasteiger partial charge in [-0.2, -0.15) is 0 Å². The Balaban J connectivity index is 1.97. The topological polar surface area (TPSA) is 73.0 Å². The molecule has 0 saturated heterocycles. The minimum absolute atomic E-state index is 0.224. The monoisotopic (exact) mass is 310 g/mol. The highest BCUT2D eigenvalue weighted by Gasteiger charge is 2.24. The molecule has 0 aliphatic rings. The van der Waals surface area contributed by atoms with E-state index >= 15 is 0 Å². The van der Waals surface area contributed by atoms with Gasteiger partial charge in [-0.25, -0.2) is 4.98 Å². The third kappa shape index (κ3) is 2.88. The molecular weight excluding hydrogens is 292 g/mol. The van der Waals surface area contributed by atoms with Gasteiger partial charge in [-0.05, 0) is 19.4 Å². The van der Waals surface area contributed by atoms with Gasteiger partial charge in [0.05, 0.1) is 5.69 Å². The molecule has 0 fully saturated rings. The van der Waals surface area contributed by atoms with Crippen molar-refractivity contribution >= 4 is 5.91 Å². The largest absolute Gasteiger partial charge is 0.361 e. The van der Waals surface area contributed by atoms with Gasteiger partial charge < -0.3 is 14.4 Å². The summed E-state index contributed by atoms with van der Waals surface area (Å²) in [6.07, 6.45) is 3.57. The van der Waals surface area contributed by atoms with Crippen LogP contribution in [0.15, 0.2) is 47.2 Å². The van der Waals surface area contributed by atoms with Gasteiger partial charge in [0.25, 0.3) is 5.91 Å². The Hall–Kier alpha value is -2.89. The van der Waals surface area contributed by atoms with Crippen molar-refractivity contribution in [3.05, 3.63) is 71.1 Å². The molecule has 23 heavy (non-hydrogen) atoms. The smallest absolute Gasteiger partial charge is 0.257 e. The lowest BCUT2D eigenvalue weighted by molar-refractivity contribution is 0.0939. The van der Waals surface area contributed by atoms with E-state index in [-0.39, 0.29) is 11.9 Å². The van der Waals surface area contributed by atoms with Crippen LogP contribution >= 0.6 is 0 Å². The third-order valence-corrected chi connectivity index (χ3v) is 3.79. The molecule has 6 heteroatoms. The fraction of sp³-hybridized carbons (Fsp3) is 0.235. The molecule has 0 spiro atoms. The molecule has 0 saturated carbocycles. The van der Waals surface area contributed by atoms with Crippen LogP contribution in [0, 0.1) is 13.8 Å². The molecule has 1 N–H and O–H groups in total. The minimum atomic E-state index is -0.350. The van der Waals surface area contributed by atoms with Crippen LogP contribution in [-0.4, -0.2) is 20.6 Å². The summed E-state index contributed by atoms with van der Waals surface area (Å²) in [5.74, 6) is 1.04. The van der Waals surface area contributed by atoms with E-state index in [1.807, 2.05) is 48.1 Å². The van der Waals surface area contributed by atoms with E-state index in [2.05, 4.69) is 15.5 Å². The van der Waals surface area contributed by atoms with Gasteiger partial charge in [-0.15, -0.1) is 0 Å². The van der Waals surface area contributed by atoms with E-state index in [4.69, 9.17) is 4.52 Å². The lowest BCUT2D eigenvalue weighted by atomic mass is 10.1. The quantitative estimate of drug-likeness (QED) is 0.803. The summed E-state index contributed by atoms with van der Waals surface area (Å²) in [5.41, 5.74) is 2.01. The van der Waals surface area contributed by atoms with Crippen molar-refractivity contribution < 1.29 is 9.32 Å². The molecular formula is C17H18N4O2. The molecule has 1 atom stereocenters. The van der Waals surface area contributed by atoms with Crippen LogP contribution in [-0.2, 0) is 7.05 Å². The normalized spacial score (nSPS) is 12.1. The molecule has 1 aromatic carbocycles. The number of aromatic nitrogens is 3. The first-order valence-electron chi connectivity index (χ1n) is 7.34. The van der Waals surface area contributed by atoms with Crippen LogP contribution in [0.1, 0.15) is 39.2 Å². The number of nitrogens with zero attached hydrogens (tertiary/aromatic N) is 3. The van der Waals surface area contributed by atoms with Gasteiger partial charge in [0.1, 0.15) is 23.2 Å². The second-order valence-corrected chi connectivity index (χ2v) is 5.41. The summed E-state index contributed by atoms with van der Waals surface area (Å²) in [5, 5.41) is 6.88. The molecule has 1 amide bonds. The fourth-order valence-electron chi connectivity index (χ4n) is 2.61. The number of carbonyl (C=O) groups is 1. The summed E-state index contributed by atoms with van der Waals surface area (Å²) in [4.78, 5) is 17.1. The van der Waals surface area contributed by atoms with Crippen LogP contribution in [0.3, 0.4) is 0 Å². The van der Waals surface area contributed by atoms with E-state index < -0.39 is 0 Å². The molecule has 2 aromatic heterocycles. The zero-order valence-corrected chi connectivity index (χ0v) is 13.3. The fourth-order valence-corrected chi connectivity index (χ4v) is 2.61. The summed E-state index contributed by atoms with van der Waals surface area (Å²) in [7, 11) is 1.90. The van der Waals surface area contributed by atoms with Crippen molar-refractivity contribution in [2.24, 2.45) is 7.05 Å². The molecule has 0 aliphatic heterocycles. The average Bonchev–Trinajstić information content (AvgIpc) is 3.11. The minimum Gasteiger partial charge on any atom is -0.361 e. The highest BCUT2D eigenvalue weighted by Crippen LogP contribution is 2.22. The number of carbonyl (C=O) groups excluding carboxylic acids is 1. The number of hydrogen-bond acceptors (Lipinski definition) is 4. The van der Waals surface area contributed by atoms with E-state index in [1.165, 1.54) is 0 Å². The van der Waals surface area contributed by atoms with Gasteiger partial charge in [0.15, 0.2) is 0 Å². The van der Waals surface area contributed by atoms with Gasteiger partial charge in [-0.1, -0.05) is 35.5 Å². The Morgan fingerprint density at radius 2 is 2.00 bits per heavy atom. The predicted molar refractivity (Wildman–Crippen MR) is 84.9 cm³/mol. The van der Waals surface area contributed by atoms with Crippen LogP contribution in [0.4, 0.5) is 0 Å². The molecule has 0 bridgehead atoms. The van der Waals surface area contributed by atoms with Crippen molar-refractivity contribution in [3.63, 3.8) is 0 Å². The van der Waals surface area contributed by atoms with E-state index in [1.54, 1.807) is 20.0 Å². The Morgan fingerprint density at radius 1 is 1.26 bits per heavy atom. The van der Waals surface area contributed by atoms with Gasteiger partial charge in [0, 0.05) is 19.4 Å². The predicted octanol–water partition coefficient (Wildman–Crippen LogP) is 2.54. The summed E-state index contributed by atoms with van der Waals surface area (Å²) < 4.78 is 6.98. The van der Waals surface area contributed by atoms with Crippen molar-refractivity contribution in [2.45, 2.75) is 19.9 Å². The lowest BCUT2D eigenvalue weighted by Gasteiger charge is -2.19. The zero-order chi connectivity index (χ0) is 16.4. The number of hydrogen-bond donors (Lipinski definition) is 1. The van der Waals surface area contributed by atoms with Gasteiger partial charge in [-0.3, -0.25) is 4.79 Å². The maximum absolute atomic E-state index is 12.7. The summed E-state index contributed by atoms with van der Waals surface area (Å²) >= 11 is 0. The zero-order valence-electron chi connectivity index (χ0n) is 13.3. The Kier molecular flexibility index (Phi) is 3.97. The molecule has 2 heterocycles. The average molecular weight is 310 g/mol. The van der Waals surface area contributed by atoms with Crippen LogP contribution in [0.25, 0.3) is 0 Å². The molecule has 3 aromatic rings. The SMILES string of the molecule is Cc1noc(C)c1C(=O)N[C@H](c1ccccc1)c1nccn1C. The van der Waals surface area contributed by atoms with Gasteiger partial charge >= 0.3 is 0 Å².